The third kappa shape index (κ3) is 2.53. The van der Waals surface area contributed by atoms with Gasteiger partial charge in [-0.15, -0.1) is 0 Å². The van der Waals surface area contributed by atoms with Crippen LogP contribution >= 0.6 is 0 Å². The number of hydrogen-bond donors (Lipinski definition) is 1. The molecule has 108 valence electrons. The highest BCUT2D eigenvalue weighted by Gasteiger charge is 2.12. The number of aliphatic hydroxyl groups excluding tert-OH is 1. The molecular weight excluding hydrogens is 260 g/mol. The number of benzene rings is 3. The zero-order chi connectivity index (χ0) is 14.7. The minimum absolute atomic E-state index is 0.0623. The summed E-state index contributed by atoms with van der Waals surface area (Å²) in [4.78, 5) is 0. The van der Waals surface area contributed by atoms with Crippen LogP contribution in [0.2, 0.25) is 0 Å². The first kappa shape index (κ1) is 14.1. The third-order valence-electron chi connectivity index (χ3n) is 4.01. The highest BCUT2D eigenvalue weighted by atomic mass is 16.5. The Balaban J connectivity index is 2.30. The normalized spacial score (nSPS) is 11.3. The monoisotopic (exact) mass is 280 g/mol. The quantitative estimate of drug-likeness (QED) is 0.564. The fraction of sp³-hybridized carbons (Fsp3) is 0.263. The van der Waals surface area contributed by atoms with Crippen molar-refractivity contribution in [1.29, 1.82) is 0 Å². The summed E-state index contributed by atoms with van der Waals surface area (Å²) in [6, 6.07) is 16.6. The van der Waals surface area contributed by atoms with Gasteiger partial charge in [-0.05, 0) is 46.0 Å². The number of aliphatic hydroxyl groups is 1. The molecule has 3 aromatic rings. The Morgan fingerprint density at radius 2 is 1.29 bits per heavy atom. The van der Waals surface area contributed by atoms with E-state index < -0.39 is 0 Å². The molecule has 0 spiro atoms. The van der Waals surface area contributed by atoms with Gasteiger partial charge in [-0.2, -0.15) is 0 Å². The molecule has 0 aromatic heterocycles. The van der Waals surface area contributed by atoms with E-state index in [4.69, 9.17) is 4.74 Å². The average molecular weight is 280 g/mol. The second-order valence-corrected chi connectivity index (χ2v) is 5.15. The molecule has 3 aromatic carbocycles. The van der Waals surface area contributed by atoms with Crippen LogP contribution in [0.4, 0.5) is 0 Å². The lowest BCUT2D eigenvalue weighted by atomic mass is 9.91. The Kier molecular flexibility index (Phi) is 4.18. The van der Waals surface area contributed by atoms with Crippen molar-refractivity contribution < 1.29 is 9.84 Å². The molecule has 0 aliphatic carbocycles. The molecule has 0 heterocycles. The number of ether oxygens (including phenoxy) is 1. The molecule has 1 N–H and O–H groups in total. The van der Waals surface area contributed by atoms with Crippen molar-refractivity contribution in [3.63, 3.8) is 0 Å². The maximum absolute atomic E-state index is 9.81. The molecule has 0 aliphatic rings. The fourth-order valence-electron chi connectivity index (χ4n) is 3.07. The lowest BCUT2D eigenvalue weighted by molar-refractivity contribution is 0.151. The number of rotatable bonds is 5. The summed E-state index contributed by atoms with van der Waals surface area (Å²) in [7, 11) is 0. The molecule has 0 amide bonds. The van der Waals surface area contributed by atoms with E-state index in [1.54, 1.807) is 0 Å². The lowest BCUT2D eigenvalue weighted by Gasteiger charge is -2.15. The molecule has 0 bridgehead atoms. The molecule has 0 radical (unpaired) electrons. The van der Waals surface area contributed by atoms with Gasteiger partial charge in [-0.25, -0.2) is 0 Å². The van der Waals surface area contributed by atoms with Gasteiger partial charge in [-0.3, -0.25) is 0 Å². The van der Waals surface area contributed by atoms with Crippen LogP contribution in [0.5, 0.6) is 0 Å². The number of hydrogen-bond acceptors (Lipinski definition) is 2. The van der Waals surface area contributed by atoms with E-state index >= 15 is 0 Å². The molecule has 0 saturated carbocycles. The molecule has 0 fully saturated rings. The standard InChI is InChI=1S/C19H20O2/c1-2-21-12-11-18-14-7-3-5-9-16(14)19(13-20)17-10-6-4-8-15(17)18/h3-10,20H,2,11-13H2,1H3. The van der Waals surface area contributed by atoms with Crippen LogP contribution in [-0.2, 0) is 17.8 Å². The second kappa shape index (κ2) is 6.25. The van der Waals surface area contributed by atoms with E-state index in [0.29, 0.717) is 0 Å². The van der Waals surface area contributed by atoms with Gasteiger partial charge in [0.2, 0.25) is 0 Å². The van der Waals surface area contributed by atoms with Crippen LogP contribution in [0.25, 0.3) is 21.5 Å². The SMILES string of the molecule is CCOCCc1c2ccccc2c(CO)c2ccccc12. The van der Waals surface area contributed by atoms with Crippen LogP contribution in [0.15, 0.2) is 48.5 Å². The molecule has 0 atom stereocenters. The summed E-state index contributed by atoms with van der Waals surface area (Å²) >= 11 is 0. The summed E-state index contributed by atoms with van der Waals surface area (Å²) in [5.41, 5.74) is 2.33. The Hall–Kier alpha value is -1.90. The van der Waals surface area contributed by atoms with Gasteiger partial charge in [0, 0.05) is 6.61 Å². The Morgan fingerprint density at radius 3 is 1.71 bits per heavy atom. The van der Waals surface area contributed by atoms with E-state index in [2.05, 4.69) is 36.4 Å². The molecule has 2 nitrogen and oxygen atoms in total. The molecular formula is C19H20O2. The second-order valence-electron chi connectivity index (χ2n) is 5.15. The molecule has 3 rings (SSSR count). The zero-order valence-electron chi connectivity index (χ0n) is 12.3. The van der Waals surface area contributed by atoms with Gasteiger partial charge < -0.3 is 9.84 Å². The van der Waals surface area contributed by atoms with E-state index in [1.165, 1.54) is 16.3 Å². The minimum atomic E-state index is 0.0623. The predicted octanol–water partition coefficient (Wildman–Crippen LogP) is 4.06. The summed E-state index contributed by atoms with van der Waals surface area (Å²) in [6.07, 6.45) is 0.889. The molecule has 2 heteroatoms. The first-order valence-corrected chi connectivity index (χ1v) is 7.46. The van der Waals surface area contributed by atoms with Crippen molar-refractivity contribution in [1.82, 2.24) is 0 Å². The van der Waals surface area contributed by atoms with Crippen molar-refractivity contribution in [2.24, 2.45) is 0 Å². The van der Waals surface area contributed by atoms with Crippen molar-refractivity contribution in [2.45, 2.75) is 20.0 Å². The van der Waals surface area contributed by atoms with Gasteiger partial charge in [0.1, 0.15) is 0 Å². The van der Waals surface area contributed by atoms with E-state index in [9.17, 15) is 5.11 Å². The van der Waals surface area contributed by atoms with Crippen molar-refractivity contribution in [3.05, 3.63) is 59.7 Å². The van der Waals surface area contributed by atoms with Gasteiger partial charge in [0.25, 0.3) is 0 Å². The van der Waals surface area contributed by atoms with Gasteiger partial charge in [0.15, 0.2) is 0 Å². The van der Waals surface area contributed by atoms with Gasteiger partial charge in [0.05, 0.1) is 13.2 Å². The maximum atomic E-state index is 9.81. The van der Waals surface area contributed by atoms with Crippen LogP contribution in [0.1, 0.15) is 18.1 Å². The Morgan fingerprint density at radius 1 is 0.810 bits per heavy atom. The van der Waals surface area contributed by atoms with E-state index in [1.807, 2.05) is 19.1 Å². The Labute approximate surface area is 125 Å². The highest BCUT2D eigenvalue weighted by molar-refractivity contribution is 6.05. The largest absolute Gasteiger partial charge is 0.392 e. The maximum Gasteiger partial charge on any atom is 0.0693 e. The number of fused-ring (bicyclic) bond motifs is 2. The summed E-state index contributed by atoms with van der Waals surface area (Å²) in [6.45, 7) is 3.55. The van der Waals surface area contributed by atoms with Crippen LogP contribution in [-0.4, -0.2) is 18.3 Å². The predicted molar refractivity (Wildman–Crippen MR) is 87.6 cm³/mol. The smallest absolute Gasteiger partial charge is 0.0693 e. The summed E-state index contributed by atoms with van der Waals surface area (Å²) in [5.74, 6) is 0. The zero-order valence-corrected chi connectivity index (χ0v) is 12.3. The molecule has 0 unspecified atom stereocenters. The van der Waals surface area contributed by atoms with Crippen LogP contribution in [0, 0.1) is 0 Å². The fourth-order valence-corrected chi connectivity index (χ4v) is 3.07. The topological polar surface area (TPSA) is 29.5 Å². The van der Waals surface area contributed by atoms with Crippen LogP contribution in [0.3, 0.4) is 0 Å². The highest BCUT2D eigenvalue weighted by Crippen LogP contribution is 2.33. The lowest BCUT2D eigenvalue weighted by Crippen LogP contribution is -2.01. The molecule has 21 heavy (non-hydrogen) atoms. The van der Waals surface area contributed by atoms with Gasteiger partial charge in [-0.1, -0.05) is 48.5 Å². The molecule has 0 saturated heterocycles. The van der Waals surface area contributed by atoms with Crippen LogP contribution < -0.4 is 0 Å². The minimum Gasteiger partial charge on any atom is -0.392 e. The first-order chi connectivity index (χ1) is 10.4. The summed E-state index contributed by atoms with van der Waals surface area (Å²) < 4.78 is 5.54. The molecule has 0 aliphatic heterocycles. The Bertz CT molecular complexity index is 705. The average Bonchev–Trinajstić information content (AvgIpc) is 2.54. The third-order valence-corrected chi connectivity index (χ3v) is 4.01. The summed E-state index contributed by atoms with van der Waals surface area (Å²) in [5, 5.41) is 14.5. The van der Waals surface area contributed by atoms with E-state index in [0.717, 1.165) is 36.0 Å². The van der Waals surface area contributed by atoms with Crippen molar-refractivity contribution in [3.8, 4) is 0 Å². The first-order valence-electron chi connectivity index (χ1n) is 7.46. The van der Waals surface area contributed by atoms with Crippen molar-refractivity contribution in [2.75, 3.05) is 13.2 Å². The van der Waals surface area contributed by atoms with E-state index in [-0.39, 0.29) is 6.61 Å². The van der Waals surface area contributed by atoms with Gasteiger partial charge >= 0.3 is 0 Å². The van der Waals surface area contributed by atoms with Crippen molar-refractivity contribution >= 4 is 21.5 Å².